The number of carbonyl (C=O) groups excluding carboxylic acids is 1. The molecule has 0 aliphatic carbocycles. The van der Waals surface area contributed by atoms with Crippen LogP contribution in [0.4, 0.5) is 5.69 Å². The van der Waals surface area contributed by atoms with Crippen LogP contribution in [0.15, 0.2) is 83.8 Å². The van der Waals surface area contributed by atoms with Crippen LogP contribution in [0.3, 0.4) is 0 Å². The molecule has 0 spiro atoms. The summed E-state index contributed by atoms with van der Waals surface area (Å²) in [4.78, 5) is 20.0. The molecule has 1 aliphatic rings. The van der Waals surface area contributed by atoms with Gasteiger partial charge in [0.05, 0.1) is 17.2 Å². The van der Waals surface area contributed by atoms with Crippen LogP contribution in [0.5, 0.6) is 11.5 Å². The Labute approximate surface area is 243 Å². The molecule has 0 radical (unpaired) electrons. The van der Waals surface area contributed by atoms with E-state index >= 15 is 0 Å². The molecular weight excluding hydrogens is 540 g/mol. The molecule has 3 aromatic carbocycles. The predicted octanol–water partition coefficient (Wildman–Crippen LogP) is 3.57. The Morgan fingerprint density at radius 2 is 1.46 bits per heavy atom. The Balaban J connectivity index is 1.36. The minimum Gasteiger partial charge on any atom is -0.494 e. The van der Waals surface area contributed by atoms with Crippen LogP contribution in [0, 0.1) is 0 Å². The van der Waals surface area contributed by atoms with Gasteiger partial charge in [-0.05, 0) is 68.1 Å². The van der Waals surface area contributed by atoms with E-state index in [9.17, 15) is 13.2 Å². The molecule has 0 bridgehead atoms. The molecule has 1 fully saturated rings. The largest absolute Gasteiger partial charge is 0.494 e. The van der Waals surface area contributed by atoms with Crippen molar-refractivity contribution in [3.63, 3.8) is 0 Å². The normalized spacial score (nSPS) is 14.4. The second kappa shape index (κ2) is 14.3. The summed E-state index contributed by atoms with van der Waals surface area (Å²) in [5.41, 5.74) is 1.55. The van der Waals surface area contributed by atoms with Crippen molar-refractivity contribution >= 4 is 21.6 Å². The van der Waals surface area contributed by atoms with Crippen LogP contribution in [0.25, 0.3) is 0 Å². The highest BCUT2D eigenvalue weighted by Gasteiger charge is 2.22. The topological polar surface area (TPSA) is 82.6 Å². The van der Waals surface area contributed by atoms with Gasteiger partial charge in [0.25, 0.3) is 15.9 Å². The predicted molar refractivity (Wildman–Crippen MR) is 161 cm³/mol. The summed E-state index contributed by atoms with van der Waals surface area (Å²) >= 11 is 0. The van der Waals surface area contributed by atoms with Crippen LogP contribution in [-0.4, -0.2) is 95.6 Å². The summed E-state index contributed by atoms with van der Waals surface area (Å²) < 4.78 is 38.7. The zero-order chi connectivity index (χ0) is 29.2. The standard InChI is InChI=1S/C31H40N4O5S/c1-4-39-28-14-16-30(17-15-28)41(37,38)33(3)27-10-12-29(13-11-27)40-25-31(36)35(24-26-8-6-5-7-9-26)23-22-34-20-18-32(2)19-21-34/h5-17H,4,18-25H2,1-3H3. The summed E-state index contributed by atoms with van der Waals surface area (Å²) in [5, 5.41) is 0. The summed E-state index contributed by atoms with van der Waals surface area (Å²) in [7, 11) is -0.115. The third kappa shape index (κ3) is 8.45. The highest BCUT2D eigenvalue weighted by Crippen LogP contribution is 2.25. The summed E-state index contributed by atoms with van der Waals surface area (Å²) in [6, 6.07) is 23.0. The number of sulfonamides is 1. The number of carbonyl (C=O) groups is 1. The molecule has 41 heavy (non-hydrogen) atoms. The van der Waals surface area contributed by atoms with Gasteiger partial charge in [0, 0.05) is 52.9 Å². The molecule has 0 N–H and O–H groups in total. The van der Waals surface area contributed by atoms with E-state index in [1.807, 2.05) is 42.2 Å². The number of benzene rings is 3. The zero-order valence-corrected chi connectivity index (χ0v) is 24.9. The molecule has 0 aromatic heterocycles. The molecule has 0 atom stereocenters. The molecule has 1 heterocycles. The lowest BCUT2D eigenvalue weighted by Gasteiger charge is -2.34. The molecule has 4 rings (SSSR count). The van der Waals surface area contributed by atoms with Crippen molar-refractivity contribution in [3.05, 3.63) is 84.4 Å². The molecule has 0 saturated carbocycles. The lowest BCUT2D eigenvalue weighted by Crippen LogP contribution is -2.48. The number of ether oxygens (including phenoxy) is 2. The summed E-state index contributed by atoms with van der Waals surface area (Å²) in [5.74, 6) is 1.02. The minimum absolute atomic E-state index is 0.0951. The van der Waals surface area contributed by atoms with Gasteiger partial charge >= 0.3 is 0 Å². The maximum atomic E-state index is 13.3. The van der Waals surface area contributed by atoms with Gasteiger partial charge in [-0.3, -0.25) is 14.0 Å². The fourth-order valence-corrected chi connectivity index (χ4v) is 5.78. The van der Waals surface area contributed by atoms with Gasteiger partial charge in [0.15, 0.2) is 6.61 Å². The molecule has 220 valence electrons. The highest BCUT2D eigenvalue weighted by molar-refractivity contribution is 7.92. The van der Waals surface area contributed by atoms with E-state index in [1.54, 1.807) is 36.4 Å². The van der Waals surface area contributed by atoms with Crippen LogP contribution in [0.2, 0.25) is 0 Å². The number of likely N-dealkylation sites (N-methyl/N-ethyl adjacent to an activating group) is 1. The first-order valence-corrected chi connectivity index (χ1v) is 15.4. The number of amides is 1. The van der Waals surface area contributed by atoms with Gasteiger partial charge in [0.2, 0.25) is 0 Å². The SMILES string of the molecule is CCOc1ccc(S(=O)(=O)N(C)c2ccc(OCC(=O)N(CCN3CCN(C)CC3)Cc3ccccc3)cc2)cc1. The van der Waals surface area contributed by atoms with Gasteiger partial charge in [-0.1, -0.05) is 30.3 Å². The third-order valence-corrected chi connectivity index (χ3v) is 9.01. The number of anilines is 1. The van der Waals surface area contributed by atoms with Crippen molar-refractivity contribution < 1.29 is 22.7 Å². The number of hydrogen-bond donors (Lipinski definition) is 0. The van der Waals surface area contributed by atoms with E-state index in [-0.39, 0.29) is 17.4 Å². The molecule has 10 heteroatoms. The molecule has 1 aliphatic heterocycles. The molecule has 1 amide bonds. The Hall–Kier alpha value is -3.60. The maximum Gasteiger partial charge on any atom is 0.264 e. The van der Waals surface area contributed by atoms with E-state index in [4.69, 9.17) is 9.47 Å². The van der Waals surface area contributed by atoms with E-state index in [0.29, 0.717) is 36.9 Å². The lowest BCUT2D eigenvalue weighted by atomic mass is 10.2. The average molecular weight is 581 g/mol. The Kier molecular flexibility index (Phi) is 10.6. The molecule has 0 unspecified atom stereocenters. The zero-order valence-electron chi connectivity index (χ0n) is 24.1. The van der Waals surface area contributed by atoms with Crippen molar-refractivity contribution in [2.45, 2.75) is 18.4 Å². The minimum atomic E-state index is -3.75. The van der Waals surface area contributed by atoms with Crippen LogP contribution >= 0.6 is 0 Å². The summed E-state index contributed by atoms with van der Waals surface area (Å²) in [6.07, 6.45) is 0. The van der Waals surface area contributed by atoms with E-state index < -0.39 is 10.0 Å². The maximum absolute atomic E-state index is 13.3. The number of nitrogens with zero attached hydrogens (tertiary/aromatic N) is 4. The van der Waals surface area contributed by atoms with E-state index in [2.05, 4.69) is 16.8 Å². The molecule has 1 saturated heterocycles. The Morgan fingerprint density at radius 1 is 0.854 bits per heavy atom. The fourth-order valence-electron chi connectivity index (χ4n) is 4.59. The molecule has 9 nitrogen and oxygen atoms in total. The molecular formula is C31H40N4O5S. The van der Waals surface area contributed by atoms with Gasteiger partial charge in [-0.25, -0.2) is 8.42 Å². The summed E-state index contributed by atoms with van der Waals surface area (Å²) in [6.45, 7) is 8.28. The van der Waals surface area contributed by atoms with Gasteiger partial charge in [-0.2, -0.15) is 0 Å². The van der Waals surface area contributed by atoms with Gasteiger partial charge in [0.1, 0.15) is 11.5 Å². The highest BCUT2D eigenvalue weighted by atomic mass is 32.2. The van der Waals surface area contributed by atoms with Crippen molar-refractivity contribution in [1.29, 1.82) is 0 Å². The first kappa shape index (κ1) is 30.4. The van der Waals surface area contributed by atoms with E-state index in [0.717, 1.165) is 38.3 Å². The van der Waals surface area contributed by atoms with Gasteiger partial charge in [-0.15, -0.1) is 0 Å². The Morgan fingerprint density at radius 3 is 2.10 bits per heavy atom. The fraction of sp³-hybridized carbons (Fsp3) is 0.387. The van der Waals surface area contributed by atoms with Crippen LogP contribution in [0.1, 0.15) is 12.5 Å². The Bertz CT molecular complexity index is 1340. The quantitative estimate of drug-likeness (QED) is 0.306. The molecule has 3 aromatic rings. The number of rotatable bonds is 13. The number of hydrogen-bond acceptors (Lipinski definition) is 7. The van der Waals surface area contributed by atoms with Crippen LogP contribution < -0.4 is 13.8 Å². The second-order valence-electron chi connectivity index (χ2n) is 10.1. The van der Waals surface area contributed by atoms with E-state index in [1.165, 1.54) is 23.5 Å². The average Bonchev–Trinajstić information content (AvgIpc) is 2.99. The lowest BCUT2D eigenvalue weighted by molar-refractivity contribution is -0.134. The van der Waals surface area contributed by atoms with Crippen molar-refractivity contribution in [1.82, 2.24) is 14.7 Å². The van der Waals surface area contributed by atoms with Gasteiger partial charge < -0.3 is 19.3 Å². The van der Waals surface area contributed by atoms with Crippen molar-refractivity contribution in [2.24, 2.45) is 0 Å². The first-order valence-electron chi connectivity index (χ1n) is 13.9. The first-order chi connectivity index (χ1) is 19.8. The number of piperazine rings is 1. The monoisotopic (exact) mass is 580 g/mol. The van der Waals surface area contributed by atoms with Crippen molar-refractivity contribution in [3.8, 4) is 11.5 Å². The second-order valence-corrected chi connectivity index (χ2v) is 12.1. The van der Waals surface area contributed by atoms with Crippen molar-refractivity contribution in [2.75, 3.05) is 70.9 Å². The third-order valence-electron chi connectivity index (χ3n) is 7.21. The smallest absolute Gasteiger partial charge is 0.264 e. The van der Waals surface area contributed by atoms with Crippen LogP contribution in [-0.2, 0) is 21.4 Å².